The first kappa shape index (κ1) is 8.25. The summed E-state index contributed by atoms with van der Waals surface area (Å²) in [5, 5.41) is 9.58. The zero-order chi connectivity index (χ0) is 9.10. The van der Waals surface area contributed by atoms with Crippen molar-refractivity contribution in [3.8, 4) is 0 Å². The van der Waals surface area contributed by atoms with Gasteiger partial charge < -0.3 is 5.11 Å². The first-order chi connectivity index (χ1) is 6.22. The Labute approximate surface area is 79.9 Å². The second kappa shape index (κ2) is 2.29. The van der Waals surface area contributed by atoms with E-state index in [1.807, 2.05) is 0 Å². The van der Waals surface area contributed by atoms with Crippen molar-refractivity contribution >= 4 is 0 Å². The Kier molecular flexibility index (Phi) is 1.45. The fraction of sp³-hybridized carbons (Fsp3) is 1.00. The number of likely N-dealkylation sites (tertiary alicyclic amines) is 1. The third kappa shape index (κ3) is 0.861. The second-order valence-electron chi connectivity index (χ2n) is 5.44. The molecule has 1 spiro atoms. The zero-order valence-electron chi connectivity index (χ0n) is 8.42. The van der Waals surface area contributed by atoms with Crippen LogP contribution in [0.2, 0.25) is 0 Å². The summed E-state index contributed by atoms with van der Waals surface area (Å²) in [7, 11) is 2.28. The Morgan fingerprint density at radius 1 is 1.38 bits per heavy atom. The minimum Gasteiger partial charge on any atom is -0.396 e. The van der Waals surface area contributed by atoms with Crippen molar-refractivity contribution in [2.24, 2.45) is 5.41 Å². The molecule has 0 aromatic heterocycles. The summed E-state index contributed by atoms with van der Waals surface area (Å²) in [6, 6.07) is 0.694. The van der Waals surface area contributed by atoms with Crippen LogP contribution >= 0.6 is 0 Å². The first-order valence-electron chi connectivity index (χ1n) is 5.56. The molecule has 74 valence electrons. The normalized spacial score (nSPS) is 47.1. The SMILES string of the molecule is CN1C2CCCC2(CO)CC12CC2. The van der Waals surface area contributed by atoms with Crippen molar-refractivity contribution in [1.29, 1.82) is 0 Å². The van der Waals surface area contributed by atoms with Crippen LogP contribution in [-0.2, 0) is 0 Å². The minimum atomic E-state index is 0.297. The molecular formula is C11H19NO. The molecule has 13 heavy (non-hydrogen) atoms. The smallest absolute Gasteiger partial charge is 0.0503 e. The molecule has 0 radical (unpaired) electrons. The highest BCUT2D eigenvalue weighted by atomic mass is 16.3. The van der Waals surface area contributed by atoms with E-state index in [1.54, 1.807) is 0 Å². The Balaban J connectivity index is 1.94. The molecule has 2 aliphatic carbocycles. The summed E-state index contributed by atoms with van der Waals surface area (Å²) in [4.78, 5) is 2.59. The van der Waals surface area contributed by atoms with Crippen LogP contribution in [0.3, 0.4) is 0 Å². The van der Waals surface area contributed by atoms with Crippen LogP contribution in [0.25, 0.3) is 0 Å². The average molecular weight is 181 g/mol. The summed E-state index contributed by atoms with van der Waals surface area (Å²) >= 11 is 0. The van der Waals surface area contributed by atoms with E-state index in [1.165, 1.54) is 38.5 Å². The molecule has 2 nitrogen and oxygen atoms in total. The molecular weight excluding hydrogens is 162 g/mol. The molecule has 0 amide bonds. The summed E-state index contributed by atoms with van der Waals surface area (Å²) < 4.78 is 0. The summed E-state index contributed by atoms with van der Waals surface area (Å²) in [5.74, 6) is 0. The van der Waals surface area contributed by atoms with E-state index in [9.17, 15) is 5.11 Å². The molecule has 1 saturated heterocycles. The lowest BCUT2D eigenvalue weighted by Crippen LogP contribution is -2.37. The molecule has 3 rings (SSSR count). The van der Waals surface area contributed by atoms with Gasteiger partial charge in [0, 0.05) is 17.0 Å². The van der Waals surface area contributed by atoms with Gasteiger partial charge in [-0.05, 0) is 39.2 Å². The maximum absolute atomic E-state index is 9.58. The number of aliphatic hydroxyl groups is 1. The van der Waals surface area contributed by atoms with Crippen LogP contribution < -0.4 is 0 Å². The van der Waals surface area contributed by atoms with Crippen molar-refractivity contribution in [3.05, 3.63) is 0 Å². The van der Waals surface area contributed by atoms with E-state index < -0.39 is 0 Å². The lowest BCUT2D eigenvalue weighted by Gasteiger charge is -2.28. The van der Waals surface area contributed by atoms with Crippen LogP contribution in [0.4, 0.5) is 0 Å². The highest BCUT2D eigenvalue weighted by Gasteiger charge is 2.63. The van der Waals surface area contributed by atoms with Crippen LogP contribution in [0.1, 0.15) is 38.5 Å². The topological polar surface area (TPSA) is 23.5 Å². The van der Waals surface area contributed by atoms with E-state index in [0.717, 1.165) is 0 Å². The van der Waals surface area contributed by atoms with Gasteiger partial charge in [-0.1, -0.05) is 6.42 Å². The molecule has 2 heteroatoms. The molecule has 0 aromatic carbocycles. The number of fused-ring (bicyclic) bond motifs is 1. The third-order valence-electron chi connectivity index (χ3n) is 4.90. The van der Waals surface area contributed by atoms with Gasteiger partial charge in [0.15, 0.2) is 0 Å². The van der Waals surface area contributed by atoms with E-state index in [0.29, 0.717) is 23.6 Å². The second-order valence-corrected chi connectivity index (χ2v) is 5.44. The summed E-state index contributed by atoms with van der Waals surface area (Å²) in [5.41, 5.74) is 0.832. The number of nitrogens with zero attached hydrogens (tertiary/aromatic N) is 1. The van der Waals surface area contributed by atoms with E-state index in [-0.39, 0.29) is 0 Å². The number of hydrogen-bond donors (Lipinski definition) is 1. The van der Waals surface area contributed by atoms with Gasteiger partial charge in [-0.25, -0.2) is 0 Å². The maximum atomic E-state index is 9.58. The van der Waals surface area contributed by atoms with Crippen LogP contribution in [0.15, 0.2) is 0 Å². The molecule has 2 atom stereocenters. The van der Waals surface area contributed by atoms with Gasteiger partial charge in [-0.15, -0.1) is 0 Å². The molecule has 1 N–H and O–H groups in total. The highest BCUT2D eigenvalue weighted by Crippen LogP contribution is 2.62. The van der Waals surface area contributed by atoms with Crippen LogP contribution in [-0.4, -0.2) is 35.2 Å². The van der Waals surface area contributed by atoms with E-state index in [2.05, 4.69) is 11.9 Å². The van der Waals surface area contributed by atoms with Gasteiger partial charge >= 0.3 is 0 Å². The van der Waals surface area contributed by atoms with Crippen molar-refractivity contribution < 1.29 is 5.11 Å². The third-order valence-corrected chi connectivity index (χ3v) is 4.90. The fourth-order valence-electron chi connectivity index (χ4n) is 3.96. The van der Waals surface area contributed by atoms with Gasteiger partial charge in [0.25, 0.3) is 0 Å². The molecule has 2 unspecified atom stereocenters. The van der Waals surface area contributed by atoms with Gasteiger partial charge in [-0.3, -0.25) is 4.90 Å². The monoisotopic (exact) mass is 181 g/mol. The fourth-order valence-corrected chi connectivity index (χ4v) is 3.96. The standard InChI is InChI=1S/C11H19NO/c1-12-9-3-2-4-10(9,8-13)7-11(12)5-6-11/h9,13H,2-8H2,1H3. The number of rotatable bonds is 1. The molecule has 2 saturated carbocycles. The number of hydrogen-bond acceptors (Lipinski definition) is 2. The highest BCUT2D eigenvalue weighted by molar-refractivity contribution is 5.18. The largest absolute Gasteiger partial charge is 0.396 e. The zero-order valence-corrected chi connectivity index (χ0v) is 8.42. The van der Waals surface area contributed by atoms with Crippen molar-refractivity contribution in [2.75, 3.05) is 13.7 Å². The Morgan fingerprint density at radius 3 is 2.69 bits per heavy atom. The Hall–Kier alpha value is -0.0800. The molecule has 3 aliphatic rings. The van der Waals surface area contributed by atoms with Crippen molar-refractivity contribution in [2.45, 2.75) is 50.1 Å². The average Bonchev–Trinajstić information content (AvgIpc) is 2.71. The van der Waals surface area contributed by atoms with Gasteiger partial charge in [0.2, 0.25) is 0 Å². The van der Waals surface area contributed by atoms with Gasteiger partial charge in [-0.2, -0.15) is 0 Å². The minimum absolute atomic E-state index is 0.297. The Morgan fingerprint density at radius 2 is 2.15 bits per heavy atom. The summed E-state index contributed by atoms with van der Waals surface area (Å²) in [6.45, 7) is 0.420. The molecule has 1 aliphatic heterocycles. The molecule has 3 fully saturated rings. The van der Waals surface area contributed by atoms with Crippen molar-refractivity contribution in [1.82, 2.24) is 4.90 Å². The van der Waals surface area contributed by atoms with E-state index >= 15 is 0 Å². The quantitative estimate of drug-likeness (QED) is 0.660. The molecule has 0 aromatic rings. The maximum Gasteiger partial charge on any atom is 0.0503 e. The summed E-state index contributed by atoms with van der Waals surface area (Å²) in [6.07, 6.45) is 7.94. The predicted molar refractivity (Wildman–Crippen MR) is 51.5 cm³/mol. The molecule has 0 bridgehead atoms. The van der Waals surface area contributed by atoms with Gasteiger partial charge in [0.1, 0.15) is 0 Å². The number of aliphatic hydroxyl groups excluding tert-OH is 1. The van der Waals surface area contributed by atoms with Crippen LogP contribution in [0, 0.1) is 5.41 Å². The lowest BCUT2D eigenvalue weighted by molar-refractivity contribution is 0.105. The molecule has 1 heterocycles. The van der Waals surface area contributed by atoms with E-state index in [4.69, 9.17) is 0 Å². The first-order valence-corrected chi connectivity index (χ1v) is 5.56. The van der Waals surface area contributed by atoms with Crippen LogP contribution in [0.5, 0.6) is 0 Å². The lowest BCUT2D eigenvalue weighted by atomic mass is 9.81. The van der Waals surface area contributed by atoms with Crippen molar-refractivity contribution in [3.63, 3.8) is 0 Å². The Bertz CT molecular complexity index is 236. The van der Waals surface area contributed by atoms with Gasteiger partial charge in [0.05, 0.1) is 6.61 Å². The predicted octanol–water partition coefficient (Wildman–Crippen LogP) is 1.39.